The normalized spacial score (nSPS) is 12.1. The highest BCUT2D eigenvalue weighted by atomic mass is 35.5. The molecule has 0 aliphatic heterocycles. The molecule has 2 aromatic rings. The first-order chi connectivity index (χ1) is 8.59. The Kier molecular flexibility index (Phi) is 3.58. The minimum Gasteiger partial charge on any atom is -0.452 e. The van der Waals surface area contributed by atoms with E-state index in [4.69, 9.17) is 21.8 Å². The first-order valence-electron chi connectivity index (χ1n) is 5.48. The largest absolute Gasteiger partial charge is 0.452 e. The van der Waals surface area contributed by atoms with E-state index < -0.39 is 0 Å². The van der Waals surface area contributed by atoms with Crippen LogP contribution in [0.25, 0.3) is 0 Å². The second kappa shape index (κ2) is 5.14. The van der Waals surface area contributed by atoms with Crippen LogP contribution in [0.5, 0.6) is 0 Å². The fourth-order valence-corrected chi connectivity index (χ4v) is 1.91. The summed E-state index contributed by atoms with van der Waals surface area (Å²) in [6.07, 6.45) is 1.37. The molecular formula is C13H13ClN2O2. The van der Waals surface area contributed by atoms with E-state index in [1.807, 2.05) is 25.1 Å². The summed E-state index contributed by atoms with van der Waals surface area (Å²) in [5.74, 6) is -0.287. The summed E-state index contributed by atoms with van der Waals surface area (Å²) in [4.78, 5) is 11.9. The molecule has 94 valence electrons. The number of anilines is 1. The maximum absolute atomic E-state index is 11.9. The van der Waals surface area contributed by atoms with Gasteiger partial charge in [-0.05, 0) is 36.2 Å². The van der Waals surface area contributed by atoms with Gasteiger partial charge in [0.2, 0.25) is 5.22 Å². The number of carbonyl (C=O) groups excluding carboxylic acids is 1. The molecule has 4 nitrogen and oxygen atoms in total. The summed E-state index contributed by atoms with van der Waals surface area (Å²) >= 11 is 5.74. The minimum absolute atomic E-state index is 0.0840. The van der Waals surface area contributed by atoms with Crippen molar-refractivity contribution < 1.29 is 9.21 Å². The van der Waals surface area contributed by atoms with Gasteiger partial charge in [-0.2, -0.15) is 0 Å². The van der Waals surface area contributed by atoms with Crippen LogP contribution in [0.2, 0.25) is 5.22 Å². The number of para-hydroxylation sites is 1. The topological polar surface area (TPSA) is 68.3 Å². The van der Waals surface area contributed by atoms with Gasteiger partial charge in [0.05, 0.1) is 17.9 Å². The van der Waals surface area contributed by atoms with Gasteiger partial charge in [0.15, 0.2) is 0 Å². The highest BCUT2D eigenvalue weighted by molar-refractivity contribution is 6.32. The Bertz CT molecular complexity index is 566. The highest BCUT2D eigenvalue weighted by Gasteiger charge is 2.17. The molecule has 1 aromatic heterocycles. The summed E-state index contributed by atoms with van der Waals surface area (Å²) in [5.41, 5.74) is 7.68. The number of hydrogen-bond donors (Lipinski definition) is 2. The van der Waals surface area contributed by atoms with Gasteiger partial charge < -0.3 is 15.5 Å². The molecular weight excluding hydrogens is 252 g/mol. The number of nitrogen functional groups attached to an aromatic ring is 1. The first-order valence-corrected chi connectivity index (χ1v) is 5.85. The van der Waals surface area contributed by atoms with Crippen LogP contribution >= 0.6 is 11.6 Å². The SMILES string of the molecule is CC(NC(=O)c1ccoc1Cl)c1ccccc1N. The van der Waals surface area contributed by atoms with E-state index in [-0.39, 0.29) is 17.2 Å². The molecule has 0 bridgehead atoms. The molecule has 0 saturated carbocycles. The Balaban J connectivity index is 2.13. The summed E-state index contributed by atoms with van der Waals surface area (Å²) in [6.45, 7) is 1.86. The van der Waals surface area contributed by atoms with Gasteiger partial charge >= 0.3 is 0 Å². The monoisotopic (exact) mass is 264 g/mol. The van der Waals surface area contributed by atoms with Gasteiger partial charge in [0.1, 0.15) is 0 Å². The Morgan fingerprint density at radius 1 is 1.39 bits per heavy atom. The highest BCUT2D eigenvalue weighted by Crippen LogP contribution is 2.21. The molecule has 1 aromatic carbocycles. The van der Waals surface area contributed by atoms with Crippen LogP contribution in [-0.2, 0) is 0 Å². The Labute approximate surface area is 110 Å². The fourth-order valence-electron chi connectivity index (χ4n) is 1.71. The van der Waals surface area contributed by atoms with E-state index in [9.17, 15) is 4.79 Å². The van der Waals surface area contributed by atoms with Crippen molar-refractivity contribution in [1.29, 1.82) is 0 Å². The summed E-state index contributed by atoms with van der Waals surface area (Å²) in [6, 6.07) is 8.71. The summed E-state index contributed by atoms with van der Waals surface area (Å²) in [7, 11) is 0. The molecule has 0 aliphatic carbocycles. The van der Waals surface area contributed by atoms with Crippen LogP contribution in [0.1, 0.15) is 28.9 Å². The van der Waals surface area contributed by atoms with Gasteiger partial charge in [-0.3, -0.25) is 4.79 Å². The predicted octanol–water partition coefficient (Wildman–Crippen LogP) is 3.01. The van der Waals surface area contributed by atoms with Crippen molar-refractivity contribution in [3.63, 3.8) is 0 Å². The zero-order valence-electron chi connectivity index (χ0n) is 9.81. The average Bonchev–Trinajstić information content (AvgIpc) is 2.76. The van der Waals surface area contributed by atoms with Gasteiger partial charge in [-0.15, -0.1) is 0 Å². The lowest BCUT2D eigenvalue weighted by molar-refractivity contribution is 0.0939. The van der Waals surface area contributed by atoms with Crippen LogP contribution < -0.4 is 11.1 Å². The molecule has 1 unspecified atom stereocenters. The number of nitrogens with one attached hydrogen (secondary N) is 1. The second-order valence-electron chi connectivity index (χ2n) is 3.93. The van der Waals surface area contributed by atoms with Crippen LogP contribution in [0, 0.1) is 0 Å². The molecule has 0 radical (unpaired) electrons. The maximum Gasteiger partial charge on any atom is 0.256 e. The van der Waals surface area contributed by atoms with Crippen LogP contribution in [0.4, 0.5) is 5.69 Å². The number of hydrogen-bond acceptors (Lipinski definition) is 3. The molecule has 1 atom stereocenters. The molecule has 2 rings (SSSR count). The number of amides is 1. The smallest absolute Gasteiger partial charge is 0.256 e. The third-order valence-electron chi connectivity index (χ3n) is 2.67. The zero-order chi connectivity index (χ0) is 13.1. The fraction of sp³-hybridized carbons (Fsp3) is 0.154. The lowest BCUT2D eigenvalue weighted by Crippen LogP contribution is -2.27. The zero-order valence-corrected chi connectivity index (χ0v) is 10.6. The Hall–Kier alpha value is -1.94. The molecule has 18 heavy (non-hydrogen) atoms. The molecule has 0 spiro atoms. The van der Waals surface area contributed by atoms with E-state index in [0.717, 1.165) is 5.56 Å². The molecule has 1 heterocycles. The van der Waals surface area contributed by atoms with Crippen molar-refractivity contribution in [3.8, 4) is 0 Å². The van der Waals surface area contributed by atoms with Gasteiger partial charge in [-0.25, -0.2) is 0 Å². The van der Waals surface area contributed by atoms with Crippen LogP contribution in [0.3, 0.4) is 0 Å². The third-order valence-corrected chi connectivity index (χ3v) is 2.97. The Morgan fingerprint density at radius 3 is 2.72 bits per heavy atom. The lowest BCUT2D eigenvalue weighted by Gasteiger charge is -2.15. The summed E-state index contributed by atoms with van der Waals surface area (Å²) in [5, 5.41) is 2.90. The van der Waals surface area contributed by atoms with Crippen molar-refractivity contribution in [1.82, 2.24) is 5.32 Å². The summed E-state index contributed by atoms with van der Waals surface area (Å²) < 4.78 is 4.88. The van der Waals surface area contributed by atoms with Crippen LogP contribution in [0.15, 0.2) is 41.0 Å². The van der Waals surface area contributed by atoms with Crippen molar-refractivity contribution in [3.05, 3.63) is 52.9 Å². The average molecular weight is 265 g/mol. The van der Waals surface area contributed by atoms with Crippen molar-refractivity contribution in [2.24, 2.45) is 0 Å². The molecule has 1 amide bonds. The van der Waals surface area contributed by atoms with Crippen molar-refractivity contribution in [2.75, 3.05) is 5.73 Å². The second-order valence-corrected chi connectivity index (χ2v) is 4.28. The number of rotatable bonds is 3. The van der Waals surface area contributed by atoms with Gasteiger partial charge in [-0.1, -0.05) is 18.2 Å². The molecule has 3 N–H and O–H groups in total. The molecule has 5 heteroatoms. The van der Waals surface area contributed by atoms with E-state index >= 15 is 0 Å². The minimum atomic E-state index is -0.287. The van der Waals surface area contributed by atoms with Crippen molar-refractivity contribution in [2.45, 2.75) is 13.0 Å². The van der Waals surface area contributed by atoms with E-state index in [1.165, 1.54) is 12.3 Å². The molecule has 0 aliphatic rings. The quantitative estimate of drug-likeness (QED) is 0.838. The first kappa shape index (κ1) is 12.5. The van der Waals surface area contributed by atoms with Gasteiger partial charge in [0, 0.05) is 5.69 Å². The molecule has 0 saturated heterocycles. The standard InChI is InChI=1S/C13H13ClN2O2/c1-8(9-4-2-3-5-11(9)15)16-13(17)10-6-7-18-12(10)14/h2-8H,15H2,1H3,(H,16,17). The third kappa shape index (κ3) is 2.49. The number of benzene rings is 1. The number of furan rings is 1. The van der Waals surface area contributed by atoms with E-state index in [0.29, 0.717) is 11.3 Å². The lowest BCUT2D eigenvalue weighted by atomic mass is 10.1. The van der Waals surface area contributed by atoms with Gasteiger partial charge in [0.25, 0.3) is 5.91 Å². The van der Waals surface area contributed by atoms with Crippen molar-refractivity contribution >= 4 is 23.2 Å². The number of nitrogens with two attached hydrogens (primary N) is 1. The number of carbonyl (C=O) groups is 1. The molecule has 0 fully saturated rings. The number of halogens is 1. The Morgan fingerprint density at radius 2 is 2.11 bits per heavy atom. The van der Waals surface area contributed by atoms with Crippen LogP contribution in [-0.4, -0.2) is 5.91 Å². The van der Waals surface area contributed by atoms with E-state index in [2.05, 4.69) is 5.32 Å². The van der Waals surface area contributed by atoms with E-state index in [1.54, 1.807) is 6.07 Å². The predicted molar refractivity (Wildman–Crippen MR) is 70.5 cm³/mol. The maximum atomic E-state index is 11.9.